The molecule has 0 aliphatic carbocycles. The van der Waals surface area contributed by atoms with Gasteiger partial charge in [0.1, 0.15) is 0 Å². The second-order valence-corrected chi connectivity index (χ2v) is 5.67. The molecule has 4 nitrogen and oxygen atoms in total. The van der Waals surface area contributed by atoms with Crippen LogP contribution in [-0.4, -0.2) is 22.2 Å². The third-order valence-electron chi connectivity index (χ3n) is 5.03. The molecule has 0 aliphatic rings. The van der Waals surface area contributed by atoms with Gasteiger partial charge in [-0.2, -0.15) is 0 Å². The summed E-state index contributed by atoms with van der Waals surface area (Å²) in [6, 6.07) is 0. The Morgan fingerprint density at radius 3 is 1.60 bits per heavy atom. The van der Waals surface area contributed by atoms with Crippen molar-refractivity contribution in [1.29, 1.82) is 0 Å². The number of carbonyl (C=O) groups is 2. The smallest absolute Gasteiger partial charge is 0.321 e. The van der Waals surface area contributed by atoms with Gasteiger partial charge >= 0.3 is 11.9 Å². The molecule has 0 saturated heterocycles. The molecular formula is C16H30O4. The number of hydrogen-bond donors (Lipinski definition) is 2. The number of aliphatic carboxylic acids is 2. The lowest BCUT2D eigenvalue weighted by molar-refractivity contribution is -0.178. The second kappa shape index (κ2) is 8.28. The fourth-order valence-electron chi connectivity index (χ4n) is 3.53. The molecule has 0 heterocycles. The van der Waals surface area contributed by atoms with E-state index in [-0.39, 0.29) is 6.42 Å². The third-order valence-corrected chi connectivity index (χ3v) is 5.03. The summed E-state index contributed by atoms with van der Waals surface area (Å²) in [4.78, 5) is 23.5. The zero-order valence-electron chi connectivity index (χ0n) is 13.4. The maximum atomic E-state index is 11.8. The maximum absolute atomic E-state index is 11.8. The molecule has 4 heteroatoms. The number of unbranched alkanes of at least 4 members (excludes halogenated alkanes) is 3. The molecule has 0 spiro atoms. The van der Waals surface area contributed by atoms with Gasteiger partial charge in [0, 0.05) is 0 Å². The van der Waals surface area contributed by atoms with E-state index >= 15 is 0 Å². The predicted octanol–water partition coefficient (Wildman–Crippen LogP) is 4.33. The second-order valence-electron chi connectivity index (χ2n) is 5.67. The summed E-state index contributed by atoms with van der Waals surface area (Å²) >= 11 is 0. The summed E-state index contributed by atoms with van der Waals surface area (Å²) in [6.45, 7) is 7.63. The van der Waals surface area contributed by atoms with Gasteiger partial charge in [-0.1, -0.05) is 53.4 Å². The molecule has 0 bridgehead atoms. The van der Waals surface area contributed by atoms with E-state index in [2.05, 4.69) is 6.92 Å². The van der Waals surface area contributed by atoms with Crippen LogP contribution in [0.2, 0.25) is 0 Å². The minimum absolute atomic E-state index is 0.132. The summed E-state index contributed by atoms with van der Waals surface area (Å²) in [5, 5.41) is 19.2. The van der Waals surface area contributed by atoms with Crippen molar-refractivity contribution in [3.63, 3.8) is 0 Å². The molecule has 20 heavy (non-hydrogen) atoms. The Morgan fingerprint density at radius 1 is 0.800 bits per heavy atom. The Bertz CT molecular complexity index is 304. The molecule has 0 saturated carbocycles. The van der Waals surface area contributed by atoms with Crippen molar-refractivity contribution >= 4 is 11.9 Å². The minimum Gasteiger partial charge on any atom is -0.480 e. The quantitative estimate of drug-likeness (QED) is 0.438. The van der Waals surface area contributed by atoms with E-state index in [0.29, 0.717) is 19.3 Å². The number of rotatable bonds is 11. The molecule has 118 valence electrons. The van der Waals surface area contributed by atoms with Crippen LogP contribution in [0.25, 0.3) is 0 Å². The first-order chi connectivity index (χ1) is 9.38. The van der Waals surface area contributed by atoms with Crippen LogP contribution in [0.15, 0.2) is 0 Å². The Balaban J connectivity index is 5.46. The standard InChI is InChI=1S/C16H30O4/c1-5-9-10-11-12-15(6-2,7-3)16(8-4,13(17)18)14(19)20/h5-12H2,1-4H3,(H,17,18)(H,19,20). The van der Waals surface area contributed by atoms with E-state index in [0.717, 1.165) is 25.7 Å². The first-order valence-corrected chi connectivity index (χ1v) is 7.85. The Hall–Kier alpha value is -1.06. The zero-order valence-corrected chi connectivity index (χ0v) is 13.4. The molecule has 0 aromatic carbocycles. The Labute approximate surface area is 122 Å². The van der Waals surface area contributed by atoms with E-state index in [1.807, 2.05) is 13.8 Å². The zero-order chi connectivity index (χ0) is 15.8. The lowest BCUT2D eigenvalue weighted by atomic mass is 9.56. The molecule has 2 N–H and O–H groups in total. The topological polar surface area (TPSA) is 74.6 Å². The highest BCUT2D eigenvalue weighted by Crippen LogP contribution is 2.51. The van der Waals surface area contributed by atoms with E-state index < -0.39 is 22.8 Å². The molecular weight excluding hydrogens is 256 g/mol. The normalized spacial score (nSPS) is 12.4. The molecule has 0 aromatic rings. The van der Waals surface area contributed by atoms with Gasteiger partial charge in [-0.3, -0.25) is 9.59 Å². The summed E-state index contributed by atoms with van der Waals surface area (Å²) in [5.41, 5.74) is -2.32. The molecule has 0 rings (SSSR count). The monoisotopic (exact) mass is 286 g/mol. The molecule has 0 atom stereocenters. The Kier molecular flexibility index (Phi) is 7.84. The average Bonchev–Trinajstić information content (AvgIpc) is 2.41. The molecule has 0 radical (unpaired) electrons. The highest BCUT2D eigenvalue weighted by molar-refractivity contribution is 5.99. The minimum atomic E-state index is -1.66. The summed E-state index contributed by atoms with van der Waals surface area (Å²) in [5.74, 6) is -2.38. The van der Waals surface area contributed by atoms with E-state index in [9.17, 15) is 19.8 Å². The molecule has 0 fully saturated rings. The number of carboxylic acids is 2. The van der Waals surface area contributed by atoms with Crippen LogP contribution in [0, 0.1) is 10.8 Å². The van der Waals surface area contributed by atoms with Crippen LogP contribution in [0.3, 0.4) is 0 Å². The van der Waals surface area contributed by atoms with Crippen LogP contribution in [0.4, 0.5) is 0 Å². The van der Waals surface area contributed by atoms with Gasteiger partial charge in [-0.15, -0.1) is 0 Å². The average molecular weight is 286 g/mol. The van der Waals surface area contributed by atoms with E-state index in [1.54, 1.807) is 6.92 Å². The van der Waals surface area contributed by atoms with Crippen molar-refractivity contribution in [2.75, 3.05) is 0 Å². The largest absolute Gasteiger partial charge is 0.480 e. The SMILES string of the molecule is CCCCCCC(CC)(CC)C(CC)(C(=O)O)C(=O)O. The van der Waals surface area contributed by atoms with Gasteiger partial charge in [-0.25, -0.2) is 0 Å². The van der Waals surface area contributed by atoms with Crippen molar-refractivity contribution in [1.82, 2.24) is 0 Å². The van der Waals surface area contributed by atoms with Crippen LogP contribution in [-0.2, 0) is 9.59 Å². The van der Waals surface area contributed by atoms with Gasteiger partial charge in [0.2, 0.25) is 0 Å². The molecule has 0 unspecified atom stereocenters. The highest BCUT2D eigenvalue weighted by Gasteiger charge is 2.58. The highest BCUT2D eigenvalue weighted by atomic mass is 16.4. The summed E-state index contributed by atoms with van der Waals surface area (Å²) in [7, 11) is 0. The van der Waals surface area contributed by atoms with Crippen LogP contribution in [0.1, 0.15) is 79.1 Å². The van der Waals surface area contributed by atoms with Crippen molar-refractivity contribution in [3.05, 3.63) is 0 Å². The van der Waals surface area contributed by atoms with E-state index in [4.69, 9.17) is 0 Å². The maximum Gasteiger partial charge on any atom is 0.321 e. The van der Waals surface area contributed by atoms with Crippen LogP contribution >= 0.6 is 0 Å². The fourth-order valence-corrected chi connectivity index (χ4v) is 3.53. The number of carboxylic acid groups (broad SMARTS) is 2. The lowest BCUT2D eigenvalue weighted by Crippen LogP contribution is -2.52. The van der Waals surface area contributed by atoms with Gasteiger partial charge in [0.05, 0.1) is 0 Å². The van der Waals surface area contributed by atoms with Crippen LogP contribution < -0.4 is 0 Å². The van der Waals surface area contributed by atoms with Crippen molar-refractivity contribution in [3.8, 4) is 0 Å². The van der Waals surface area contributed by atoms with Crippen LogP contribution in [0.5, 0.6) is 0 Å². The van der Waals surface area contributed by atoms with E-state index in [1.165, 1.54) is 0 Å². The van der Waals surface area contributed by atoms with Gasteiger partial charge in [0.15, 0.2) is 5.41 Å². The van der Waals surface area contributed by atoms with Crippen molar-refractivity contribution < 1.29 is 19.8 Å². The first kappa shape index (κ1) is 18.9. The lowest BCUT2D eigenvalue weighted by Gasteiger charge is -2.44. The van der Waals surface area contributed by atoms with Crippen molar-refractivity contribution in [2.24, 2.45) is 10.8 Å². The number of hydrogen-bond acceptors (Lipinski definition) is 2. The predicted molar refractivity (Wildman–Crippen MR) is 79.8 cm³/mol. The first-order valence-electron chi connectivity index (χ1n) is 7.85. The molecule has 0 aromatic heterocycles. The van der Waals surface area contributed by atoms with Gasteiger partial charge in [-0.05, 0) is 31.1 Å². The fraction of sp³-hybridized carbons (Fsp3) is 0.875. The van der Waals surface area contributed by atoms with Gasteiger partial charge < -0.3 is 10.2 Å². The molecule has 0 amide bonds. The third kappa shape index (κ3) is 3.33. The summed E-state index contributed by atoms with van der Waals surface area (Å²) in [6.07, 6.45) is 6.14. The summed E-state index contributed by atoms with van der Waals surface area (Å²) < 4.78 is 0. The van der Waals surface area contributed by atoms with Crippen molar-refractivity contribution in [2.45, 2.75) is 79.1 Å². The molecule has 0 aliphatic heterocycles. The van der Waals surface area contributed by atoms with Gasteiger partial charge in [0.25, 0.3) is 0 Å². The Morgan fingerprint density at radius 2 is 1.30 bits per heavy atom.